The molecule has 106 valence electrons. The number of carbonyl (C=O) groups is 1. The molecule has 0 saturated heterocycles. The van der Waals surface area contributed by atoms with Gasteiger partial charge in [0.05, 0.1) is 15.7 Å². The Morgan fingerprint density at radius 1 is 1.32 bits per heavy atom. The summed E-state index contributed by atoms with van der Waals surface area (Å²) in [5.41, 5.74) is -0.258. The van der Waals surface area contributed by atoms with Crippen molar-refractivity contribution in [1.82, 2.24) is 0 Å². The first-order valence-electron chi connectivity index (χ1n) is 6.08. The smallest absolute Gasteiger partial charge is 0.126 e. The minimum Gasteiger partial charge on any atom is -0.303 e. The Kier molecular flexibility index (Phi) is 4.98. The number of hydrogen-bond donors (Lipinski definition) is 1. The molecule has 0 aromatic heterocycles. The van der Waals surface area contributed by atoms with Crippen LogP contribution in [-0.4, -0.2) is 15.2 Å². The molecular weight excluding hydrogens is 265 g/mol. The van der Waals surface area contributed by atoms with E-state index in [1.807, 2.05) is 0 Å². The molecule has 0 heterocycles. The van der Waals surface area contributed by atoms with Crippen LogP contribution in [0.3, 0.4) is 0 Å². The fraction of sp³-hybridized carbons (Fsp3) is 0.500. The number of carbonyl (C=O) groups excluding carboxylic acids is 1. The Morgan fingerprint density at radius 3 is 2.37 bits per heavy atom. The van der Waals surface area contributed by atoms with Crippen molar-refractivity contribution in [3.63, 3.8) is 0 Å². The molecule has 3 nitrogen and oxygen atoms in total. The quantitative estimate of drug-likeness (QED) is 0.816. The van der Waals surface area contributed by atoms with Crippen molar-refractivity contribution >= 4 is 17.3 Å². The molecule has 19 heavy (non-hydrogen) atoms. The van der Waals surface area contributed by atoms with E-state index in [0.717, 1.165) is 6.29 Å². The second kappa shape index (κ2) is 5.92. The minimum absolute atomic E-state index is 0.161. The van der Waals surface area contributed by atoms with Gasteiger partial charge in [-0.05, 0) is 31.9 Å². The monoisotopic (exact) mass is 285 g/mol. The molecule has 0 aliphatic rings. The standard InChI is InChI=1S/C14H20FNO2S/c1-13(2,19(16)18)10-14(3,8-9-17)11-6-4-5-7-12(11)15/h4-7,9H,8,10,16H2,1-3H3/t14-,19?/m0/s1. The summed E-state index contributed by atoms with van der Waals surface area (Å²) in [5.74, 6) is -0.356. The van der Waals surface area contributed by atoms with E-state index in [1.165, 1.54) is 6.07 Å². The maximum atomic E-state index is 14.0. The lowest BCUT2D eigenvalue weighted by Gasteiger charge is -2.35. The van der Waals surface area contributed by atoms with Gasteiger partial charge in [0.2, 0.25) is 0 Å². The van der Waals surface area contributed by atoms with Gasteiger partial charge >= 0.3 is 0 Å². The van der Waals surface area contributed by atoms with Gasteiger partial charge in [0.25, 0.3) is 0 Å². The predicted octanol–water partition coefficient (Wildman–Crippen LogP) is 2.46. The fourth-order valence-electron chi connectivity index (χ4n) is 2.42. The number of nitrogens with two attached hydrogens (primary N) is 1. The van der Waals surface area contributed by atoms with Crippen molar-refractivity contribution < 1.29 is 13.4 Å². The van der Waals surface area contributed by atoms with Gasteiger partial charge in [0.15, 0.2) is 0 Å². The highest BCUT2D eigenvalue weighted by molar-refractivity contribution is 7.84. The second-order valence-electron chi connectivity index (χ2n) is 5.65. The third kappa shape index (κ3) is 3.70. The normalized spacial score (nSPS) is 16.7. The molecule has 5 heteroatoms. The molecule has 0 radical (unpaired) electrons. The Balaban J connectivity index is 3.22. The van der Waals surface area contributed by atoms with Crippen molar-refractivity contribution in [3.05, 3.63) is 35.6 Å². The molecule has 0 bridgehead atoms. The summed E-state index contributed by atoms with van der Waals surface area (Å²) in [6.07, 6.45) is 1.29. The van der Waals surface area contributed by atoms with Crippen LogP contribution in [0.15, 0.2) is 24.3 Å². The zero-order valence-electron chi connectivity index (χ0n) is 11.5. The molecule has 0 aliphatic heterocycles. The van der Waals surface area contributed by atoms with Gasteiger partial charge in [-0.15, -0.1) is 0 Å². The van der Waals surface area contributed by atoms with Gasteiger partial charge in [-0.1, -0.05) is 25.1 Å². The van der Waals surface area contributed by atoms with E-state index >= 15 is 0 Å². The minimum atomic E-state index is -1.54. The third-order valence-corrected chi connectivity index (χ3v) is 4.65. The Hall–Kier alpha value is -1.07. The molecule has 1 rings (SSSR count). The summed E-state index contributed by atoms with van der Waals surface area (Å²) in [7, 11) is -1.54. The third-order valence-electron chi connectivity index (χ3n) is 3.42. The molecule has 2 atom stereocenters. The highest BCUT2D eigenvalue weighted by atomic mass is 32.2. The second-order valence-corrected chi connectivity index (χ2v) is 7.35. The number of hydrogen-bond acceptors (Lipinski definition) is 2. The van der Waals surface area contributed by atoms with Crippen LogP contribution in [0.1, 0.15) is 39.2 Å². The molecule has 0 amide bonds. The molecule has 0 aliphatic carbocycles. The van der Waals surface area contributed by atoms with Crippen LogP contribution < -0.4 is 5.14 Å². The van der Waals surface area contributed by atoms with Crippen molar-refractivity contribution in [2.75, 3.05) is 0 Å². The molecule has 2 N–H and O–H groups in total. The van der Waals surface area contributed by atoms with Crippen LogP contribution in [0, 0.1) is 5.82 Å². The first-order chi connectivity index (χ1) is 8.73. The molecular formula is C14H20FNO2S. The van der Waals surface area contributed by atoms with Crippen LogP contribution in [0.4, 0.5) is 4.39 Å². The van der Waals surface area contributed by atoms with E-state index in [4.69, 9.17) is 5.14 Å². The van der Waals surface area contributed by atoms with Gasteiger partial charge in [-0.2, -0.15) is 0 Å². The molecule has 0 saturated carbocycles. The van der Waals surface area contributed by atoms with E-state index in [0.29, 0.717) is 12.0 Å². The molecule has 1 aromatic carbocycles. The summed E-state index contributed by atoms with van der Waals surface area (Å²) >= 11 is 0. The van der Waals surface area contributed by atoms with E-state index in [2.05, 4.69) is 0 Å². The van der Waals surface area contributed by atoms with Gasteiger partial charge in [0.1, 0.15) is 12.1 Å². The highest BCUT2D eigenvalue weighted by Gasteiger charge is 2.37. The van der Waals surface area contributed by atoms with Crippen LogP contribution >= 0.6 is 0 Å². The summed E-state index contributed by atoms with van der Waals surface area (Å²) < 4.78 is 24.8. The largest absolute Gasteiger partial charge is 0.303 e. The SMILES string of the molecule is CC(C)(C[C@](C)(CC=O)c1ccccc1F)S(N)=O. The van der Waals surface area contributed by atoms with Crippen LogP contribution in [0.25, 0.3) is 0 Å². The van der Waals surface area contributed by atoms with Gasteiger partial charge in [-0.3, -0.25) is 5.14 Å². The predicted molar refractivity (Wildman–Crippen MR) is 75.5 cm³/mol. The van der Waals surface area contributed by atoms with E-state index in [1.54, 1.807) is 39.0 Å². The summed E-state index contributed by atoms with van der Waals surface area (Å²) in [6.45, 7) is 5.31. The average molecular weight is 285 g/mol. The van der Waals surface area contributed by atoms with Crippen molar-refractivity contribution in [1.29, 1.82) is 0 Å². The number of benzene rings is 1. The lowest BCUT2D eigenvalue weighted by atomic mass is 9.73. The Labute approximate surface area is 116 Å². The Bertz CT molecular complexity index is 490. The van der Waals surface area contributed by atoms with Crippen molar-refractivity contribution in [2.24, 2.45) is 5.14 Å². The maximum absolute atomic E-state index is 14.0. The van der Waals surface area contributed by atoms with Crippen LogP contribution in [-0.2, 0) is 21.2 Å². The molecule has 1 aromatic rings. The first-order valence-corrected chi connectivity index (χ1v) is 7.29. The van der Waals surface area contributed by atoms with Gasteiger partial charge < -0.3 is 4.79 Å². The maximum Gasteiger partial charge on any atom is 0.126 e. The summed E-state index contributed by atoms with van der Waals surface area (Å²) in [4.78, 5) is 10.9. The Morgan fingerprint density at radius 2 is 1.89 bits per heavy atom. The number of aldehydes is 1. The summed E-state index contributed by atoms with van der Waals surface area (Å²) in [5, 5.41) is 5.48. The zero-order valence-corrected chi connectivity index (χ0v) is 12.3. The van der Waals surface area contributed by atoms with E-state index in [9.17, 15) is 13.4 Å². The van der Waals surface area contributed by atoms with Crippen LogP contribution in [0.2, 0.25) is 0 Å². The molecule has 1 unspecified atom stereocenters. The van der Waals surface area contributed by atoms with Gasteiger partial charge in [-0.25, -0.2) is 8.60 Å². The van der Waals surface area contributed by atoms with E-state index in [-0.39, 0.29) is 12.2 Å². The lowest BCUT2D eigenvalue weighted by molar-refractivity contribution is -0.108. The van der Waals surface area contributed by atoms with E-state index < -0.39 is 21.1 Å². The highest BCUT2D eigenvalue weighted by Crippen LogP contribution is 2.38. The number of halogens is 1. The van der Waals surface area contributed by atoms with Crippen LogP contribution in [0.5, 0.6) is 0 Å². The first kappa shape index (κ1) is 16.0. The molecule has 0 spiro atoms. The summed E-state index contributed by atoms with van der Waals surface area (Å²) in [6, 6.07) is 6.36. The number of rotatable bonds is 6. The topological polar surface area (TPSA) is 60.2 Å². The van der Waals surface area contributed by atoms with Gasteiger partial charge in [0, 0.05) is 11.8 Å². The van der Waals surface area contributed by atoms with Crippen molar-refractivity contribution in [2.45, 2.75) is 43.8 Å². The van der Waals surface area contributed by atoms with Crippen molar-refractivity contribution in [3.8, 4) is 0 Å². The lowest BCUT2D eigenvalue weighted by Crippen LogP contribution is -2.40. The fourth-order valence-corrected chi connectivity index (χ4v) is 2.88. The average Bonchev–Trinajstić information content (AvgIpc) is 2.28. The molecule has 0 fully saturated rings. The zero-order chi connectivity index (χ0) is 14.7.